The van der Waals surface area contributed by atoms with Crippen molar-refractivity contribution in [3.8, 4) is 0 Å². The Morgan fingerprint density at radius 1 is 1.38 bits per heavy atom. The molecular formula is C16H26N2O3. The predicted molar refractivity (Wildman–Crippen MR) is 80.3 cm³/mol. The topological polar surface area (TPSA) is 67.7 Å². The molecule has 1 N–H and O–H groups in total. The molecule has 1 aliphatic rings. The van der Waals surface area contributed by atoms with E-state index >= 15 is 0 Å². The number of aliphatic carboxylic acids is 1. The van der Waals surface area contributed by atoms with E-state index in [4.69, 9.17) is 4.74 Å². The maximum absolute atomic E-state index is 11.3. The average Bonchev–Trinajstić information content (AvgIpc) is 3.07. The second kappa shape index (κ2) is 6.60. The number of rotatable bonds is 9. The van der Waals surface area contributed by atoms with Gasteiger partial charge in [0.05, 0.1) is 11.8 Å². The predicted octanol–water partition coefficient (Wildman–Crippen LogP) is 3.08. The number of carbonyl (C=O) groups is 1. The van der Waals surface area contributed by atoms with Crippen LogP contribution in [0.25, 0.3) is 0 Å². The molecule has 2 heterocycles. The Morgan fingerprint density at radius 2 is 2.10 bits per heavy atom. The summed E-state index contributed by atoms with van der Waals surface area (Å²) in [7, 11) is 0. The summed E-state index contributed by atoms with van der Waals surface area (Å²) in [5.74, 6) is -0.794. The summed E-state index contributed by atoms with van der Waals surface area (Å²) in [5.41, 5.74) is 1.40. The third-order valence-corrected chi connectivity index (χ3v) is 4.32. The average molecular weight is 294 g/mol. The fourth-order valence-corrected chi connectivity index (χ4v) is 3.05. The van der Waals surface area contributed by atoms with Crippen molar-refractivity contribution in [3.05, 3.63) is 17.5 Å². The first-order valence-electron chi connectivity index (χ1n) is 7.92. The Kier molecular flexibility index (Phi) is 5.04. The van der Waals surface area contributed by atoms with Crippen molar-refractivity contribution in [1.29, 1.82) is 0 Å². The van der Waals surface area contributed by atoms with Gasteiger partial charge in [0.15, 0.2) is 5.60 Å². The van der Waals surface area contributed by atoms with Gasteiger partial charge in [-0.2, -0.15) is 5.10 Å². The van der Waals surface area contributed by atoms with Gasteiger partial charge in [0.1, 0.15) is 0 Å². The fourth-order valence-electron chi connectivity index (χ4n) is 3.05. The molecule has 1 fully saturated rings. The largest absolute Gasteiger partial charge is 0.479 e. The molecule has 2 unspecified atom stereocenters. The van der Waals surface area contributed by atoms with Gasteiger partial charge < -0.3 is 9.84 Å². The molecule has 1 saturated heterocycles. The number of hydrogen-bond acceptors (Lipinski definition) is 3. The third-order valence-electron chi connectivity index (χ3n) is 4.32. The molecular weight excluding hydrogens is 268 g/mol. The van der Waals surface area contributed by atoms with E-state index in [0.29, 0.717) is 6.42 Å². The van der Waals surface area contributed by atoms with Crippen molar-refractivity contribution in [1.82, 2.24) is 9.78 Å². The number of ether oxygens (including phenoxy) is 1. The van der Waals surface area contributed by atoms with Crippen molar-refractivity contribution in [3.63, 3.8) is 0 Å². The minimum atomic E-state index is -0.871. The molecule has 5 nitrogen and oxygen atoms in total. The Balaban J connectivity index is 1.62. The SMILES string of the molecule is CCC1OC1(CCCCCCn1nc(C)cc1C)C(=O)O. The normalized spacial score (nSPS) is 24.2. The molecule has 0 aromatic carbocycles. The molecule has 5 heteroatoms. The highest BCUT2D eigenvalue weighted by atomic mass is 16.6. The van der Waals surface area contributed by atoms with E-state index in [9.17, 15) is 9.90 Å². The summed E-state index contributed by atoms with van der Waals surface area (Å²) in [5, 5.41) is 13.7. The molecule has 2 atom stereocenters. The first-order chi connectivity index (χ1) is 9.99. The monoisotopic (exact) mass is 294 g/mol. The molecule has 1 aromatic heterocycles. The van der Waals surface area contributed by atoms with Crippen LogP contribution < -0.4 is 0 Å². The van der Waals surface area contributed by atoms with E-state index in [1.54, 1.807) is 0 Å². The molecule has 1 aliphatic heterocycles. The molecule has 0 saturated carbocycles. The van der Waals surface area contributed by atoms with Crippen molar-refractivity contribution in [2.75, 3.05) is 0 Å². The van der Waals surface area contributed by atoms with Crippen LogP contribution in [0.4, 0.5) is 0 Å². The molecule has 2 rings (SSSR count). The van der Waals surface area contributed by atoms with Gasteiger partial charge in [-0.05, 0) is 45.6 Å². The third kappa shape index (κ3) is 3.64. The van der Waals surface area contributed by atoms with Crippen molar-refractivity contribution >= 4 is 5.97 Å². The van der Waals surface area contributed by atoms with Gasteiger partial charge in [-0.3, -0.25) is 4.68 Å². The first kappa shape index (κ1) is 16.0. The van der Waals surface area contributed by atoms with Gasteiger partial charge >= 0.3 is 5.97 Å². The van der Waals surface area contributed by atoms with E-state index in [0.717, 1.165) is 44.3 Å². The zero-order chi connectivity index (χ0) is 15.5. The highest BCUT2D eigenvalue weighted by molar-refractivity contribution is 5.81. The first-order valence-corrected chi connectivity index (χ1v) is 7.92. The van der Waals surface area contributed by atoms with Crippen LogP contribution >= 0.6 is 0 Å². The van der Waals surface area contributed by atoms with Gasteiger partial charge in [0.25, 0.3) is 0 Å². The number of aryl methyl sites for hydroxylation is 3. The molecule has 1 aromatic rings. The number of unbranched alkanes of at least 4 members (excludes halogenated alkanes) is 3. The molecule has 0 radical (unpaired) electrons. The number of aromatic nitrogens is 2. The standard InChI is InChI=1S/C16H26N2O3/c1-4-14-16(21-14,15(19)20)9-7-5-6-8-10-18-13(3)11-12(2)17-18/h11,14H,4-10H2,1-3H3,(H,19,20). The Labute approximate surface area is 126 Å². The van der Waals surface area contributed by atoms with Gasteiger partial charge in [-0.25, -0.2) is 4.79 Å². The number of nitrogens with zero attached hydrogens (tertiary/aromatic N) is 2. The second-order valence-corrected chi connectivity index (χ2v) is 6.02. The zero-order valence-electron chi connectivity index (χ0n) is 13.3. The van der Waals surface area contributed by atoms with Crippen LogP contribution in [0.2, 0.25) is 0 Å². The van der Waals surface area contributed by atoms with Crippen LogP contribution in [0, 0.1) is 13.8 Å². The summed E-state index contributed by atoms with van der Waals surface area (Å²) >= 11 is 0. The lowest BCUT2D eigenvalue weighted by molar-refractivity contribution is -0.143. The number of carboxylic acids is 1. The van der Waals surface area contributed by atoms with Crippen LogP contribution in [0.3, 0.4) is 0 Å². The van der Waals surface area contributed by atoms with Gasteiger partial charge in [-0.15, -0.1) is 0 Å². The van der Waals surface area contributed by atoms with Crippen LogP contribution in [-0.4, -0.2) is 32.6 Å². The number of hydrogen-bond donors (Lipinski definition) is 1. The molecule has 21 heavy (non-hydrogen) atoms. The summed E-state index contributed by atoms with van der Waals surface area (Å²) in [4.78, 5) is 11.3. The number of carboxylic acid groups (broad SMARTS) is 1. The van der Waals surface area contributed by atoms with E-state index in [-0.39, 0.29) is 6.10 Å². The van der Waals surface area contributed by atoms with E-state index < -0.39 is 11.6 Å². The van der Waals surface area contributed by atoms with Crippen LogP contribution in [0.5, 0.6) is 0 Å². The minimum absolute atomic E-state index is 0.0790. The summed E-state index contributed by atoms with van der Waals surface area (Å²) in [6.07, 6.45) is 5.49. The van der Waals surface area contributed by atoms with Crippen LogP contribution in [0.15, 0.2) is 6.07 Å². The summed E-state index contributed by atoms with van der Waals surface area (Å²) in [6, 6.07) is 2.09. The smallest absolute Gasteiger partial charge is 0.338 e. The highest BCUT2D eigenvalue weighted by Gasteiger charge is 2.61. The van der Waals surface area contributed by atoms with Gasteiger partial charge in [0.2, 0.25) is 0 Å². The lowest BCUT2D eigenvalue weighted by Crippen LogP contribution is -2.26. The number of epoxide rings is 1. The van der Waals surface area contributed by atoms with Crippen molar-refractivity contribution in [2.45, 2.75) is 77.5 Å². The quantitative estimate of drug-likeness (QED) is 0.561. The minimum Gasteiger partial charge on any atom is -0.479 e. The van der Waals surface area contributed by atoms with E-state index in [1.165, 1.54) is 5.69 Å². The molecule has 0 spiro atoms. The highest BCUT2D eigenvalue weighted by Crippen LogP contribution is 2.43. The maximum Gasteiger partial charge on any atom is 0.338 e. The second-order valence-electron chi connectivity index (χ2n) is 6.02. The van der Waals surface area contributed by atoms with E-state index in [1.807, 2.05) is 18.5 Å². The van der Waals surface area contributed by atoms with Crippen LogP contribution in [0.1, 0.15) is 56.8 Å². The lowest BCUT2D eigenvalue weighted by atomic mass is 9.96. The fraction of sp³-hybridized carbons (Fsp3) is 0.750. The Morgan fingerprint density at radius 3 is 2.62 bits per heavy atom. The van der Waals surface area contributed by atoms with Gasteiger partial charge in [0, 0.05) is 12.2 Å². The maximum atomic E-state index is 11.3. The van der Waals surface area contributed by atoms with Crippen molar-refractivity contribution in [2.24, 2.45) is 0 Å². The van der Waals surface area contributed by atoms with Gasteiger partial charge in [-0.1, -0.05) is 19.8 Å². The van der Waals surface area contributed by atoms with Crippen LogP contribution in [-0.2, 0) is 16.1 Å². The molecule has 0 bridgehead atoms. The molecule has 118 valence electrons. The summed E-state index contributed by atoms with van der Waals surface area (Å²) < 4.78 is 7.44. The lowest BCUT2D eigenvalue weighted by Gasteiger charge is -2.08. The molecule has 0 amide bonds. The zero-order valence-corrected chi connectivity index (χ0v) is 13.3. The van der Waals surface area contributed by atoms with Crippen molar-refractivity contribution < 1.29 is 14.6 Å². The Bertz CT molecular complexity index is 498. The van der Waals surface area contributed by atoms with E-state index in [2.05, 4.69) is 18.1 Å². The Hall–Kier alpha value is -1.36. The molecule has 0 aliphatic carbocycles. The summed E-state index contributed by atoms with van der Waals surface area (Å²) in [6.45, 7) is 7.00.